The first-order valence-corrected chi connectivity index (χ1v) is 5.69. The lowest BCUT2D eigenvalue weighted by atomic mass is 9.90. The molecule has 1 fully saturated rings. The molecule has 0 aromatic heterocycles. The zero-order valence-corrected chi connectivity index (χ0v) is 9.95. The van der Waals surface area contributed by atoms with Gasteiger partial charge in [0.25, 0.3) is 0 Å². The topological polar surface area (TPSA) is 44.5 Å². The zero-order chi connectivity index (χ0) is 11.6. The van der Waals surface area contributed by atoms with Gasteiger partial charge in [-0.05, 0) is 37.9 Å². The van der Waals surface area contributed by atoms with Crippen molar-refractivity contribution < 1.29 is 9.47 Å². The molecule has 0 bridgehead atoms. The molecular formula is C13H19NO2. The number of rotatable bonds is 5. The Morgan fingerprint density at radius 3 is 2.12 bits per heavy atom. The maximum atomic E-state index is 5.69. The maximum absolute atomic E-state index is 5.69. The monoisotopic (exact) mass is 221 g/mol. The first-order valence-electron chi connectivity index (χ1n) is 5.69. The fourth-order valence-corrected chi connectivity index (χ4v) is 2.43. The summed E-state index contributed by atoms with van der Waals surface area (Å²) in [6, 6.07) is 5.95. The minimum absolute atomic E-state index is 0.201. The van der Waals surface area contributed by atoms with Gasteiger partial charge in [0.05, 0.1) is 14.2 Å². The molecule has 0 atom stereocenters. The molecule has 1 aliphatic carbocycles. The molecular weight excluding hydrogens is 202 g/mol. The third-order valence-corrected chi connectivity index (χ3v) is 3.43. The third kappa shape index (κ3) is 1.76. The molecule has 1 aliphatic rings. The Morgan fingerprint density at radius 1 is 1.19 bits per heavy atom. The van der Waals surface area contributed by atoms with E-state index >= 15 is 0 Å². The second-order valence-electron chi connectivity index (χ2n) is 4.36. The molecule has 2 rings (SSSR count). The Morgan fingerprint density at radius 2 is 1.75 bits per heavy atom. The summed E-state index contributed by atoms with van der Waals surface area (Å²) in [4.78, 5) is 0. The maximum Gasteiger partial charge on any atom is 0.126 e. The van der Waals surface area contributed by atoms with Crippen molar-refractivity contribution in [3.05, 3.63) is 23.8 Å². The lowest BCUT2D eigenvalue weighted by Gasteiger charge is -2.21. The van der Waals surface area contributed by atoms with Crippen molar-refractivity contribution in [2.24, 2.45) is 5.73 Å². The first kappa shape index (κ1) is 11.3. The molecule has 0 saturated heterocycles. The molecule has 0 spiro atoms. The number of methoxy groups -OCH3 is 2. The van der Waals surface area contributed by atoms with E-state index in [1.54, 1.807) is 14.2 Å². The number of nitrogens with two attached hydrogens (primary N) is 1. The molecule has 0 amide bonds. The summed E-state index contributed by atoms with van der Waals surface area (Å²) >= 11 is 0. The zero-order valence-electron chi connectivity index (χ0n) is 9.95. The number of benzene rings is 1. The van der Waals surface area contributed by atoms with E-state index in [0.717, 1.165) is 17.9 Å². The summed E-state index contributed by atoms with van der Waals surface area (Å²) in [5, 5.41) is 0. The lowest BCUT2D eigenvalue weighted by molar-refractivity contribution is 0.374. The fraction of sp³-hybridized carbons (Fsp3) is 0.538. The third-order valence-electron chi connectivity index (χ3n) is 3.43. The molecule has 16 heavy (non-hydrogen) atoms. The summed E-state index contributed by atoms with van der Waals surface area (Å²) in [5.74, 6) is 1.84. The van der Waals surface area contributed by atoms with Gasteiger partial charge in [0.2, 0.25) is 0 Å². The molecule has 1 aromatic carbocycles. The van der Waals surface area contributed by atoms with Crippen LogP contribution in [0.25, 0.3) is 0 Å². The highest BCUT2D eigenvalue weighted by molar-refractivity contribution is 5.52. The van der Waals surface area contributed by atoms with Crippen LogP contribution in [0.5, 0.6) is 11.5 Å². The van der Waals surface area contributed by atoms with Crippen LogP contribution in [-0.4, -0.2) is 20.8 Å². The highest BCUT2D eigenvalue weighted by atomic mass is 16.5. The van der Waals surface area contributed by atoms with Gasteiger partial charge in [-0.15, -0.1) is 0 Å². The highest BCUT2D eigenvalue weighted by Gasteiger charge is 2.47. The van der Waals surface area contributed by atoms with E-state index in [-0.39, 0.29) is 5.41 Å². The lowest BCUT2D eigenvalue weighted by Crippen LogP contribution is -2.15. The molecule has 1 saturated carbocycles. The summed E-state index contributed by atoms with van der Waals surface area (Å²) in [6.07, 6.45) is 3.37. The Labute approximate surface area is 96.5 Å². The Hall–Kier alpha value is -1.22. The van der Waals surface area contributed by atoms with Gasteiger partial charge in [0.15, 0.2) is 0 Å². The van der Waals surface area contributed by atoms with Crippen LogP contribution < -0.4 is 15.2 Å². The van der Waals surface area contributed by atoms with E-state index in [0.29, 0.717) is 6.54 Å². The van der Waals surface area contributed by atoms with Crippen molar-refractivity contribution in [1.82, 2.24) is 0 Å². The highest BCUT2D eigenvalue weighted by Crippen LogP contribution is 2.56. The number of hydrogen-bond donors (Lipinski definition) is 1. The van der Waals surface area contributed by atoms with Crippen molar-refractivity contribution in [2.75, 3.05) is 20.8 Å². The van der Waals surface area contributed by atoms with Crippen LogP contribution in [0.4, 0.5) is 0 Å². The van der Waals surface area contributed by atoms with Crippen LogP contribution >= 0.6 is 0 Å². The van der Waals surface area contributed by atoms with Gasteiger partial charge in [0, 0.05) is 11.0 Å². The van der Waals surface area contributed by atoms with E-state index in [9.17, 15) is 0 Å². The average Bonchev–Trinajstić information content (AvgIpc) is 3.09. The van der Waals surface area contributed by atoms with Crippen LogP contribution in [0.15, 0.2) is 18.2 Å². The van der Waals surface area contributed by atoms with Gasteiger partial charge in [-0.2, -0.15) is 0 Å². The van der Waals surface area contributed by atoms with E-state index in [1.807, 2.05) is 18.2 Å². The van der Waals surface area contributed by atoms with Crippen LogP contribution in [0.3, 0.4) is 0 Å². The Balaban J connectivity index is 2.44. The second kappa shape index (κ2) is 4.34. The van der Waals surface area contributed by atoms with Crippen LogP contribution in [0, 0.1) is 0 Å². The molecule has 2 N–H and O–H groups in total. The van der Waals surface area contributed by atoms with E-state index in [2.05, 4.69) is 0 Å². The van der Waals surface area contributed by atoms with Gasteiger partial charge in [-0.25, -0.2) is 0 Å². The van der Waals surface area contributed by atoms with Gasteiger partial charge in [-0.1, -0.05) is 6.07 Å². The fourth-order valence-electron chi connectivity index (χ4n) is 2.43. The average molecular weight is 221 g/mol. The predicted molar refractivity (Wildman–Crippen MR) is 64.1 cm³/mol. The smallest absolute Gasteiger partial charge is 0.126 e. The van der Waals surface area contributed by atoms with Gasteiger partial charge in [0.1, 0.15) is 11.5 Å². The van der Waals surface area contributed by atoms with Crippen LogP contribution in [0.2, 0.25) is 0 Å². The second-order valence-corrected chi connectivity index (χ2v) is 4.36. The van der Waals surface area contributed by atoms with Crippen LogP contribution in [-0.2, 0) is 5.41 Å². The largest absolute Gasteiger partial charge is 0.496 e. The van der Waals surface area contributed by atoms with Crippen LogP contribution in [0.1, 0.15) is 24.8 Å². The van der Waals surface area contributed by atoms with E-state index in [1.165, 1.54) is 18.4 Å². The van der Waals surface area contributed by atoms with E-state index in [4.69, 9.17) is 15.2 Å². The SMILES string of the molecule is COc1cccc(OC)c1C1(CCN)CC1. The van der Waals surface area contributed by atoms with Gasteiger partial charge in [-0.3, -0.25) is 0 Å². The molecule has 3 heteroatoms. The molecule has 0 radical (unpaired) electrons. The Bertz CT molecular complexity index is 350. The molecule has 3 nitrogen and oxygen atoms in total. The summed E-state index contributed by atoms with van der Waals surface area (Å²) in [6.45, 7) is 0.710. The first-order chi connectivity index (χ1) is 7.77. The molecule has 1 aromatic rings. The minimum atomic E-state index is 0.201. The van der Waals surface area contributed by atoms with Crippen molar-refractivity contribution >= 4 is 0 Å². The standard InChI is InChI=1S/C13H19NO2/c1-15-10-4-3-5-11(16-2)12(10)13(6-7-13)8-9-14/h3-5H,6-9,14H2,1-2H3. The van der Waals surface area contributed by atoms with Crippen molar-refractivity contribution in [1.29, 1.82) is 0 Å². The molecule has 0 heterocycles. The normalized spacial score (nSPS) is 16.9. The molecule has 0 aliphatic heterocycles. The summed E-state index contributed by atoms with van der Waals surface area (Å²) < 4.78 is 10.9. The Kier molecular flexibility index (Phi) is 3.06. The quantitative estimate of drug-likeness (QED) is 0.828. The molecule has 0 unspecified atom stereocenters. The molecule has 88 valence electrons. The van der Waals surface area contributed by atoms with E-state index < -0.39 is 0 Å². The van der Waals surface area contributed by atoms with Gasteiger partial charge < -0.3 is 15.2 Å². The summed E-state index contributed by atoms with van der Waals surface area (Å²) in [7, 11) is 3.41. The number of ether oxygens (including phenoxy) is 2. The summed E-state index contributed by atoms with van der Waals surface area (Å²) in [5.41, 5.74) is 7.09. The van der Waals surface area contributed by atoms with Crippen molar-refractivity contribution in [3.8, 4) is 11.5 Å². The van der Waals surface area contributed by atoms with Crippen molar-refractivity contribution in [2.45, 2.75) is 24.7 Å². The minimum Gasteiger partial charge on any atom is -0.496 e. The van der Waals surface area contributed by atoms with Gasteiger partial charge >= 0.3 is 0 Å². The number of hydrogen-bond acceptors (Lipinski definition) is 3. The predicted octanol–water partition coefficient (Wildman–Crippen LogP) is 2.08. The van der Waals surface area contributed by atoms with Crippen molar-refractivity contribution in [3.63, 3.8) is 0 Å².